The maximum absolute atomic E-state index is 5.82. The standard InChI is InChI=1S/C26H32N2O2/c1-17-9-11-22-21(15-17)20-7-5-8-23-25(20)28(22)14-6-13-27(23)16-19-10-12-24(29-3)18(2)26(19)30-4/h9-12,15,23H,5-8,13-14,16H2,1-4H3/t23-/m1/s1. The van der Waals surface area contributed by atoms with E-state index < -0.39 is 0 Å². The molecule has 0 fully saturated rings. The van der Waals surface area contributed by atoms with Crippen LogP contribution in [-0.4, -0.2) is 30.2 Å². The van der Waals surface area contributed by atoms with Gasteiger partial charge in [0, 0.05) is 47.4 Å². The van der Waals surface area contributed by atoms with Gasteiger partial charge in [0.2, 0.25) is 0 Å². The summed E-state index contributed by atoms with van der Waals surface area (Å²) in [6.45, 7) is 7.44. The van der Waals surface area contributed by atoms with Gasteiger partial charge in [0.15, 0.2) is 0 Å². The Morgan fingerprint density at radius 2 is 1.87 bits per heavy atom. The normalized spacial score (nSPS) is 18.9. The predicted octanol–water partition coefficient (Wildman–Crippen LogP) is 5.56. The Hall–Kier alpha value is -2.46. The van der Waals surface area contributed by atoms with E-state index in [1.54, 1.807) is 25.5 Å². The summed E-state index contributed by atoms with van der Waals surface area (Å²) in [5.74, 6) is 1.85. The molecule has 5 rings (SSSR count). The van der Waals surface area contributed by atoms with Crippen LogP contribution in [0.5, 0.6) is 11.5 Å². The lowest BCUT2D eigenvalue weighted by Crippen LogP contribution is -2.31. The minimum atomic E-state index is 0.482. The van der Waals surface area contributed by atoms with Gasteiger partial charge in [-0.2, -0.15) is 0 Å². The fourth-order valence-corrected chi connectivity index (χ4v) is 5.76. The highest BCUT2D eigenvalue weighted by Gasteiger charge is 2.33. The van der Waals surface area contributed by atoms with E-state index in [0.29, 0.717) is 6.04 Å². The topological polar surface area (TPSA) is 26.6 Å². The number of methoxy groups -OCH3 is 2. The highest BCUT2D eigenvalue weighted by atomic mass is 16.5. The van der Waals surface area contributed by atoms with Gasteiger partial charge in [0.25, 0.3) is 0 Å². The van der Waals surface area contributed by atoms with Crippen LogP contribution in [0.3, 0.4) is 0 Å². The van der Waals surface area contributed by atoms with Crippen LogP contribution >= 0.6 is 0 Å². The third-order valence-electron chi connectivity index (χ3n) is 7.09. The van der Waals surface area contributed by atoms with E-state index in [0.717, 1.165) is 36.7 Å². The number of ether oxygens (including phenoxy) is 2. The summed E-state index contributed by atoms with van der Waals surface area (Å²) >= 11 is 0. The predicted molar refractivity (Wildman–Crippen MR) is 122 cm³/mol. The number of benzene rings is 2. The molecule has 4 nitrogen and oxygen atoms in total. The van der Waals surface area contributed by atoms with Crippen LogP contribution in [-0.2, 0) is 19.5 Å². The van der Waals surface area contributed by atoms with Crippen molar-refractivity contribution in [1.82, 2.24) is 9.47 Å². The lowest BCUT2D eigenvalue weighted by molar-refractivity contribution is 0.171. The average molecular weight is 405 g/mol. The first kappa shape index (κ1) is 19.5. The van der Waals surface area contributed by atoms with Crippen LogP contribution in [0.1, 0.15) is 53.3 Å². The quantitative estimate of drug-likeness (QED) is 0.570. The van der Waals surface area contributed by atoms with Gasteiger partial charge in [-0.05, 0) is 63.3 Å². The Kier molecular flexibility index (Phi) is 4.98. The maximum atomic E-state index is 5.82. The first-order valence-electron chi connectivity index (χ1n) is 11.2. The molecule has 158 valence electrons. The molecule has 30 heavy (non-hydrogen) atoms. The van der Waals surface area contributed by atoms with Crippen LogP contribution < -0.4 is 9.47 Å². The minimum absolute atomic E-state index is 0.482. The molecule has 2 heterocycles. The van der Waals surface area contributed by atoms with Crippen molar-refractivity contribution in [3.8, 4) is 11.5 Å². The molecule has 0 unspecified atom stereocenters. The van der Waals surface area contributed by atoms with Gasteiger partial charge in [-0.3, -0.25) is 4.90 Å². The second-order valence-electron chi connectivity index (χ2n) is 8.85. The number of aryl methyl sites for hydroxylation is 3. The lowest BCUT2D eigenvalue weighted by Gasteiger charge is -2.34. The fourth-order valence-electron chi connectivity index (χ4n) is 5.76. The van der Waals surface area contributed by atoms with Gasteiger partial charge in [-0.1, -0.05) is 17.7 Å². The van der Waals surface area contributed by atoms with E-state index in [2.05, 4.69) is 53.6 Å². The molecule has 3 aromatic rings. The van der Waals surface area contributed by atoms with E-state index in [1.165, 1.54) is 47.7 Å². The summed E-state index contributed by atoms with van der Waals surface area (Å²) in [7, 11) is 3.49. The molecule has 4 heteroatoms. The van der Waals surface area contributed by atoms with Gasteiger partial charge < -0.3 is 14.0 Å². The molecular formula is C26H32N2O2. The van der Waals surface area contributed by atoms with Gasteiger partial charge in [0.05, 0.1) is 20.3 Å². The van der Waals surface area contributed by atoms with Gasteiger partial charge in [-0.15, -0.1) is 0 Å². The molecular weight excluding hydrogens is 372 g/mol. The monoisotopic (exact) mass is 404 g/mol. The molecule has 2 aromatic carbocycles. The zero-order valence-electron chi connectivity index (χ0n) is 18.6. The third kappa shape index (κ3) is 3.01. The molecule has 0 saturated heterocycles. The van der Waals surface area contributed by atoms with Crippen molar-refractivity contribution in [2.24, 2.45) is 0 Å². The summed E-state index contributed by atoms with van der Waals surface area (Å²) in [6.07, 6.45) is 4.88. The second-order valence-corrected chi connectivity index (χ2v) is 8.85. The zero-order chi connectivity index (χ0) is 20.8. The molecule has 1 aliphatic heterocycles. The molecule has 1 aromatic heterocycles. The van der Waals surface area contributed by atoms with Crippen molar-refractivity contribution >= 4 is 10.9 Å². The molecule has 0 bridgehead atoms. The number of hydrogen-bond acceptors (Lipinski definition) is 3. The molecule has 0 N–H and O–H groups in total. The van der Waals surface area contributed by atoms with E-state index >= 15 is 0 Å². The zero-order valence-corrected chi connectivity index (χ0v) is 18.6. The van der Waals surface area contributed by atoms with Gasteiger partial charge >= 0.3 is 0 Å². The van der Waals surface area contributed by atoms with Crippen molar-refractivity contribution < 1.29 is 9.47 Å². The summed E-state index contributed by atoms with van der Waals surface area (Å²) in [5.41, 5.74) is 8.29. The fraction of sp³-hybridized carbons (Fsp3) is 0.462. The summed E-state index contributed by atoms with van der Waals surface area (Å²) in [5, 5.41) is 1.48. The van der Waals surface area contributed by atoms with Crippen molar-refractivity contribution in [3.05, 3.63) is 58.3 Å². The summed E-state index contributed by atoms with van der Waals surface area (Å²) in [4.78, 5) is 2.69. The molecule has 1 atom stereocenters. The van der Waals surface area contributed by atoms with Crippen molar-refractivity contribution in [2.45, 2.75) is 58.7 Å². The smallest absolute Gasteiger partial charge is 0.129 e. The molecule has 0 radical (unpaired) electrons. The van der Waals surface area contributed by atoms with E-state index in [9.17, 15) is 0 Å². The van der Waals surface area contributed by atoms with Crippen LogP contribution in [0, 0.1) is 13.8 Å². The largest absolute Gasteiger partial charge is 0.496 e. The highest BCUT2D eigenvalue weighted by Crippen LogP contribution is 2.43. The number of nitrogens with zero attached hydrogens (tertiary/aromatic N) is 2. The van der Waals surface area contributed by atoms with Crippen LogP contribution in [0.2, 0.25) is 0 Å². The second kappa shape index (κ2) is 7.66. The first-order chi connectivity index (χ1) is 14.6. The Labute approximate surface area is 179 Å². The number of rotatable bonds is 4. The number of fused-ring (bicyclic) bond motifs is 3. The Morgan fingerprint density at radius 3 is 2.67 bits per heavy atom. The number of aromatic nitrogens is 1. The molecule has 0 saturated carbocycles. The highest BCUT2D eigenvalue weighted by molar-refractivity contribution is 5.87. The van der Waals surface area contributed by atoms with Crippen LogP contribution in [0.15, 0.2) is 30.3 Å². The molecule has 0 amide bonds. The summed E-state index contributed by atoms with van der Waals surface area (Å²) < 4.78 is 14.0. The molecule has 1 aliphatic carbocycles. The summed E-state index contributed by atoms with van der Waals surface area (Å²) in [6, 6.07) is 11.7. The maximum Gasteiger partial charge on any atom is 0.129 e. The Morgan fingerprint density at radius 1 is 1.00 bits per heavy atom. The Balaban J connectivity index is 1.57. The van der Waals surface area contributed by atoms with E-state index in [-0.39, 0.29) is 0 Å². The van der Waals surface area contributed by atoms with E-state index in [1.807, 2.05) is 0 Å². The molecule has 0 spiro atoms. The van der Waals surface area contributed by atoms with Crippen LogP contribution in [0.4, 0.5) is 0 Å². The first-order valence-corrected chi connectivity index (χ1v) is 11.2. The SMILES string of the molecule is COc1ccc(CN2CCCn3c4c(c5cc(C)ccc53)CCC[C@H]42)c(OC)c1C. The van der Waals surface area contributed by atoms with Crippen molar-refractivity contribution in [2.75, 3.05) is 20.8 Å². The van der Waals surface area contributed by atoms with Crippen LogP contribution in [0.25, 0.3) is 10.9 Å². The Bertz CT molecular complexity index is 1090. The third-order valence-corrected chi connectivity index (χ3v) is 7.09. The van der Waals surface area contributed by atoms with Crippen molar-refractivity contribution in [3.63, 3.8) is 0 Å². The van der Waals surface area contributed by atoms with E-state index in [4.69, 9.17) is 9.47 Å². The lowest BCUT2D eigenvalue weighted by atomic mass is 9.90. The van der Waals surface area contributed by atoms with Crippen molar-refractivity contribution in [1.29, 1.82) is 0 Å². The van der Waals surface area contributed by atoms with Gasteiger partial charge in [-0.25, -0.2) is 0 Å². The minimum Gasteiger partial charge on any atom is -0.496 e. The van der Waals surface area contributed by atoms with Gasteiger partial charge in [0.1, 0.15) is 11.5 Å². The average Bonchev–Trinajstić information content (AvgIpc) is 2.94. The number of hydrogen-bond donors (Lipinski definition) is 0. The molecule has 2 aliphatic rings.